The summed E-state index contributed by atoms with van der Waals surface area (Å²) in [4.78, 5) is 24.9. The van der Waals surface area contributed by atoms with E-state index >= 15 is 0 Å². The maximum absolute atomic E-state index is 11.5. The molecule has 2 N–H and O–H groups in total. The second kappa shape index (κ2) is 5.54. The van der Waals surface area contributed by atoms with E-state index in [1.54, 1.807) is 0 Å². The minimum atomic E-state index is -0.348. The molecule has 5 nitrogen and oxygen atoms in total. The van der Waals surface area contributed by atoms with Crippen molar-refractivity contribution < 1.29 is 9.59 Å². The molecular weight excluding hydrogens is 226 g/mol. The molecule has 0 aromatic rings. The van der Waals surface area contributed by atoms with Gasteiger partial charge in [-0.2, -0.15) is 11.8 Å². The number of thioether (sulfide) groups is 1. The van der Waals surface area contributed by atoms with Crippen molar-refractivity contribution in [3.05, 3.63) is 0 Å². The Morgan fingerprint density at radius 2 is 1.94 bits per heavy atom. The van der Waals surface area contributed by atoms with E-state index in [4.69, 9.17) is 0 Å². The summed E-state index contributed by atoms with van der Waals surface area (Å²) in [7, 11) is 0. The van der Waals surface area contributed by atoms with Crippen LogP contribution in [0.3, 0.4) is 0 Å². The maximum Gasteiger partial charge on any atom is 0.321 e. The van der Waals surface area contributed by atoms with E-state index < -0.39 is 0 Å². The second-order valence-electron chi connectivity index (χ2n) is 4.18. The highest BCUT2D eigenvalue weighted by Crippen LogP contribution is 2.18. The average molecular weight is 243 g/mol. The molecule has 0 atom stereocenters. The topological polar surface area (TPSA) is 61.4 Å². The predicted octanol–water partition coefficient (Wildman–Crippen LogP) is 0.0234. The van der Waals surface area contributed by atoms with Gasteiger partial charge >= 0.3 is 6.03 Å². The van der Waals surface area contributed by atoms with Crippen molar-refractivity contribution in [2.75, 3.05) is 31.1 Å². The smallest absolute Gasteiger partial charge is 0.321 e. The van der Waals surface area contributed by atoms with Crippen LogP contribution in [0.1, 0.15) is 12.8 Å². The fraction of sp³-hybridized carbons (Fsp3) is 0.800. The van der Waals surface area contributed by atoms with Gasteiger partial charge in [-0.15, -0.1) is 0 Å². The van der Waals surface area contributed by atoms with E-state index in [-0.39, 0.29) is 11.9 Å². The summed E-state index contributed by atoms with van der Waals surface area (Å²) in [5.74, 6) is 1.94. The van der Waals surface area contributed by atoms with Crippen molar-refractivity contribution in [1.29, 1.82) is 0 Å². The van der Waals surface area contributed by atoms with Gasteiger partial charge in [-0.05, 0) is 12.8 Å². The van der Waals surface area contributed by atoms with Gasteiger partial charge in [0.1, 0.15) is 0 Å². The van der Waals surface area contributed by atoms with Crippen LogP contribution in [0.4, 0.5) is 4.79 Å². The third-order valence-electron chi connectivity index (χ3n) is 2.64. The fourth-order valence-corrected chi connectivity index (χ4v) is 2.56. The summed E-state index contributed by atoms with van der Waals surface area (Å²) < 4.78 is 0. The molecule has 6 heteroatoms. The Hall–Kier alpha value is -0.750. The molecule has 2 rings (SSSR count). The Kier molecular flexibility index (Phi) is 4.06. The van der Waals surface area contributed by atoms with Gasteiger partial charge in [-0.3, -0.25) is 15.0 Å². The van der Waals surface area contributed by atoms with Crippen LogP contribution in [0.15, 0.2) is 0 Å². The molecule has 1 saturated heterocycles. The van der Waals surface area contributed by atoms with Gasteiger partial charge in [0.15, 0.2) is 0 Å². The molecule has 2 fully saturated rings. The molecule has 2 aliphatic rings. The molecule has 1 aliphatic carbocycles. The molecule has 1 saturated carbocycles. The van der Waals surface area contributed by atoms with Crippen molar-refractivity contribution in [2.24, 2.45) is 0 Å². The van der Waals surface area contributed by atoms with Gasteiger partial charge in [-0.1, -0.05) is 0 Å². The molecular formula is C10H17N3O2S. The van der Waals surface area contributed by atoms with Crippen molar-refractivity contribution in [2.45, 2.75) is 18.9 Å². The van der Waals surface area contributed by atoms with Crippen LogP contribution in [0.2, 0.25) is 0 Å². The molecule has 0 aromatic carbocycles. The van der Waals surface area contributed by atoms with E-state index in [1.807, 2.05) is 11.8 Å². The molecule has 1 aliphatic heterocycles. The van der Waals surface area contributed by atoms with Gasteiger partial charge < -0.3 is 5.32 Å². The minimum Gasteiger partial charge on any atom is -0.335 e. The molecule has 0 spiro atoms. The Bertz CT molecular complexity index is 275. The van der Waals surface area contributed by atoms with E-state index in [1.165, 1.54) is 0 Å². The van der Waals surface area contributed by atoms with Crippen molar-refractivity contribution >= 4 is 23.7 Å². The lowest BCUT2D eigenvalue weighted by molar-refractivity contribution is -0.121. The third-order valence-corrected chi connectivity index (χ3v) is 3.58. The van der Waals surface area contributed by atoms with Gasteiger partial charge in [0.2, 0.25) is 5.91 Å². The Labute approximate surface area is 99.3 Å². The molecule has 0 bridgehead atoms. The Morgan fingerprint density at radius 1 is 1.25 bits per heavy atom. The quantitative estimate of drug-likeness (QED) is 0.734. The number of amides is 3. The summed E-state index contributed by atoms with van der Waals surface area (Å²) in [5, 5.41) is 5.09. The number of imide groups is 1. The van der Waals surface area contributed by atoms with Crippen LogP contribution in [-0.4, -0.2) is 54.0 Å². The van der Waals surface area contributed by atoms with Crippen molar-refractivity contribution in [1.82, 2.24) is 15.5 Å². The SMILES string of the molecule is O=C(CN1CCSCC1)NC(=O)NC1CC1. The van der Waals surface area contributed by atoms with Crippen LogP contribution in [0, 0.1) is 0 Å². The first-order valence-electron chi connectivity index (χ1n) is 5.64. The van der Waals surface area contributed by atoms with Gasteiger partial charge in [0, 0.05) is 30.6 Å². The third kappa shape index (κ3) is 4.02. The maximum atomic E-state index is 11.5. The molecule has 0 aromatic heterocycles. The first kappa shape index (κ1) is 11.7. The number of urea groups is 1. The van der Waals surface area contributed by atoms with E-state index in [9.17, 15) is 9.59 Å². The van der Waals surface area contributed by atoms with Crippen LogP contribution in [-0.2, 0) is 4.79 Å². The number of rotatable bonds is 3. The molecule has 3 amide bonds. The van der Waals surface area contributed by atoms with E-state index in [2.05, 4.69) is 15.5 Å². The molecule has 0 unspecified atom stereocenters. The predicted molar refractivity (Wildman–Crippen MR) is 63.5 cm³/mol. The van der Waals surface area contributed by atoms with E-state index in [0.717, 1.165) is 37.4 Å². The molecule has 1 heterocycles. The zero-order chi connectivity index (χ0) is 11.4. The minimum absolute atomic E-state index is 0.204. The summed E-state index contributed by atoms with van der Waals surface area (Å²) >= 11 is 1.90. The van der Waals surface area contributed by atoms with E-state index in [0.29, 0.717) is 12.6 Å². The normalized spacial score (nSPS) is 21.5. The monoisotopic (exact) mass is 243 g/mol. The number of carbonyl (C=O) groups excluding carboxylic acids is 2. The number of hydrogen-bond donors (Lipinski definition) is 2. The lowest BCUT2D eigenvalue weighted by Crippen LogP contribution is -2.46. The van der Waals surface area contributed by atoms with Gasteiger partial charge in [0.05, 0.1) is 6.54 Å². The zero-order valence-electron chi connectivity index (χ0n) is 9.20. The Morgan fingerprint density at radius 3 is 2.56 bits per heavy atom. The molecule has 0 radical (unpaired) electrons. The largest absolute Gasteiger partial charge is 0.335 e. The highest BCUT2D eigenvalue weighted by molar-refractivity contribution is 7.99. The number of nitrogens with one attached hydrogen (secondary N) is 2. The highest BCUT2D eigenvalue weighted by Gasteiger charge is 2.24. The summed E-state index contributed by atoms with van der Waals surface area (Å²) in [5.41, 5.74) is 0. The summed E-state index contributed by atoms with van der Waals surface area (Å²) in [6.07, 6.45) is 2.07. The summed E-state index contributed by atoms with van der Waals surface area (Å²) in [6.45, 7) is 2.20. The van der Waals surface area contributed by atoms with Crippen LogP contribution in [0.5, 0.6) is 0 Å². The lowest BCUT2D eigenvalue weighted by Gasteiger charge is -2.25. The lowest BCUT2D eigenvalue weighted by atomic mass is 10.4. The van der Waals surface area contributed by atoms with Crippen molar-refractivity contribution in [3.8, 4) is 0 Å². The first-order valence-corrected chi connectivity index (χ1v) is 6.80. The standard InChI is InChI=1S/C10H17N3O2S/c14-9(7-13-3-5-16-6-4-13)12-10(15)11-8-1-2-8/h8H,1-7H2,(H2,11,12,14,15). The number of nitrogens with zero attached hydrogens (tertiary/aromatic N) is 1. The van der Waals surface area contributed by atoms with Crippen molar-refractivity contribution in [3.63, 3.8) is 0 Å². The fourth-order valence-electron chi connectivity index (χ4n) is 1.58. The zero-order valence-corrected chi connectivity index (χ0v) is 10.0. The molecule has 90 valence electrons. The second-order valence-corrected chi connectivity index (χ2v) is 5.41. The Balaban J connectivity index is 1.64. The highest BCUT2D eigenvalue weighted by atomic mass is 32.2. The molecule has 16 heavy (non-hydrogen) atoms. The summed E-state index contributed by atoms with van der Waals surface area (Å²) in [6, 6.07) is -0.0573. The average Bonchev–Trinajstić information content (AvgIpc) is 3.02. The van der Waals surface area contributed by atoms with Crippen LogP contribution >= 0.6 is 11.8 Å². The number of hydrogen-bond acceptors (Lipinski definition) is 4. The van der Waals surface area contributed by atoms with Crippen LogP contribution < -0.4 is 10.6 Å². The van der Waals surface area contributed by atoms with Crippen LogP contribution in [0.25, 0.3) is 0 Å². The van der Waals surface area contributed by atoms with Gasteiger partial charge in [-0.25, -0.2) is 4.79 Å². The number of carbonyl (C=O) groups is 2. The van der Waals surface area contributed by atoms with Gasteiger partial charge in [0.25, 0.3) is 0 Å². The first-order chi connectivity index (χ1) is 7.74.